The molecule has 3 saturated carbocycles. The van der Waals surface area contributed by atoms with Crippen LogP contribution in [0, 0.1) is 21.4 Å². The van der Waals surface area contributed by atoms with Crippen LogP contribution >= 0.6 is 11.9 Å². The smallest absolute Gasteiger partial charge is 0.293 e. The number of nitro groups is 1. The molecule has 5 aliphatic rings. The molecule has 73 heavy (non-hydrogen) atoms. The molecule has 2 aromatic heterocycles. The summed E-state index contributed by atoms with van der Waals surface area (Å²) < 4.78 is 15.3. The Morgan fingerprint density at radius 2 is 1.77 bits per heavy atom. The van der Waals surface area contributed by atoms with Crippen LogP contribution in [0.2, 0.25) is 0 Å². The molecule has 0 unspecified atom stereocenters. The van der Waals surface area contributed by atoms with E-state index >= 15 is 0 Å². The maximum absolute atomic E-state index is 14.1. The number of carbonyl (C=O) groups excluding carboxylic acids is 1. The fourth-order valence-electron chi connectivity index (χ4n) is 12.1. The Morgan fingerprint density at radius 3 is 2.53 bits per heavy atom. The number of methoxy groups -OCH3 is 1. The first-order chi connectivity index (χ1) is 35.3. The summed E-state index contributed by atoms with van der Waals surface area (Å²) in [6, 6.07) is 31.3. The van der Waals surface area contributed by atoms with Crippen molar-refractivity contribution in [3.8, 4) is 17.2 Å². The van der Waals surface area contributed by atoms with Gasteiger partial charge < -0.3 is 29.8 Å². The quantitative estimate of drug-likeness (QED) is 0.0389. The van der Waals surface area contributed by atoms with E-state index in [1.807, 2.05) is 43.5 Å². The fourth-order valence-corrected chi connectivity index (χ4v) is 12.8. The Hall–Kier alpha value is -6.13. The summed E-state index contributed by atoms with van der Waals surface area (Å²) in [4.78, 5) is 41.9. The van der Waals surface area contributed by atoms with Gasteiger partial charge in [-0.05, 0) is 153 Å². The van der Waals surface area contributed by atoms with E-state index in [9.17, 15) is 20.0 Å². The zero-order valence-corrected chi connectivity index (χ0v) is 43.3. The van der Waals surface area contributed by atoms with Crippen LogP contribution in [0.3, 0.4) is 0 Å². The minimum absolute atomic E-state index is 0.0609. The third kappa shape index (κ3) is 10.6. The van der Waals surface area contributed by atoms with Crippen LogP contribution in [0.15, 0.2) is 108 Å². The van der Waals surface area contributed by atoms with E-state index in [2.05, 4.69) is 91.0 Å². The second kappa shape index (κ2) is 20.3. The monoisotopic (exact) mass is 1000 g/mol. The van der Waals surface area contributed by atoms with Crippen molar-refractivity contribution in [2.75, 3.05) is 56.6 Å². The lowest BCUT2D eigenvalue weighted by Gasteiger charge is -2.63. The lowest BCUT2D eigenvalue weighted by Crippen LogP contribution is -2.68. The van der Waals surface area contributed by atoms with Crippen molar-refractivity contribution in [1.82, 2.24) is 24.5 Å². The molecule has 6 aromatic rings. The van der Waals surface area contributed by atoms with Crippen molar-refractivity contribution >= 4 is 46.0 Å². The highest BCUT2D eigenvalue weighted by Gasteiger charge is 2.55. The summed E-state index contributed by atoms with van der Waals surface area (Å²) in [6.07, 6.45) is 11.4. The molecule has 3 aliphatic carbocycles. The van der Waals surface area contributed by atoms with E-state index in [-0.39, 0.29) is 17.0 Å². The minimum Gasteiger partial charge on any atom is -0.496 e. The average molecular weight is 1010 g/mol. The lowest BCUT2D eigenvalue weighted by atomic mass is 9.59. The van der Waals surface area contributed by atoms with Gasteiger partial charge in [-0.25, -0.2) is 4.98 Å². The summed E-state index contributed by atoms with van der Waals surface area (Å²) in [5, 5.41) is 26.7. The summed E-state index contributed by atoms with van der Waals surface area (Å²) >= 11 is 1.03. The number of aromatic nitrogens is 2. The fraction of sp³-hybridized carbons (Fsp3) is 0.448. The number of amides is 1. The largest absolute Gasteiger partial charge is 0.496 e. The number of rotatable bonds is 17. The van der Waals surface area contributed by atoms with Crippen LogP contribution in [0.1, 0.15) is 123 Å². The molecule has 14 nitrogen and oxygen atoms in total. The van der Waals surface area contributed by atoms with E-state index in [4.69, 9.17) is 9.47 Å². The van der Waals surface area contributed by atoms with Crippen LogP contribution in [-0.4, -0.2) is 93.7 Å². The van der Waals surface area contributed by atoms with Gasteiger partial charge in [0, 0.05) is 97.6 Å². The number of H-pyrrole nitrogens is 1. The van der Waals surface area contributed by atoms with Crippen molar-refractivity contribution in [3.63, 3.8) is 0 Å². The number of piperazine rings is 1. The van der Waals surface area contributed by atoms with Crippen molar-refractivity contribution in [1.29, 1.82) is 0 Å². The molecule has 4 aromatic carbocycles. The van der Waals surface area contributed by atoms with Gasteiger partial charge in [0.1, 0.15) is 28.6 Å². The first kappa shape index (κ1) is 49.1. The number of pyridine rings is 1. The molecule has 4 N–H and O–H groups in total. The Bertz CT molecular complexity index is 2990. The lowest BCUT2D eigenvalue weighted by molar-refractivity contribution is -0.384. The number of nitro benzene ring substituents is 1. The maximum atomic E-state index is 14.1. The molecular formula is C58H68N8O6S. The Morgan fingerprint density at radius 1 is 0.959 bits per heavy atom. The Balaban J connectivity index is 0.764. The van der Waals surface area contributed by atoms with Gasteiger partial charge in [-0.15, -0.1) is 0 Å². The number of nitrogens with zero attached hydrogens (tertiary/aromatic N) is 5. The number of benzene rings is 4. The van der Waals surface area contributed by atoms with Gasteiger partial charge in [-0.2, -0.15) is 0 Å². The van der Waals surface area contributed by atoms with Gasteiger partial charge >= 0.3 is 0 Å². The van der Waals surface area contributed by atoms with E-state index in [0.29, 0.717) is 76.9 Å². The summed E-state index contributed by atoms with van der Waals surface area (Å²) in [5.41, 5.74) is 7.58. The number of nitrogens with one attached hydrogen (secondary N) is 3. The number of aromatic amines is 1. The zero-order valence-electron chi connectivity index (χ0n) is 42.4. The molecule has 1 amide bonds. The molecule has 1 atom stereocenters. The standard InChI is InChI=1S/C58H68N8O6S/c1-37(2)46-7-5-6-8-48(46)52-34-63(33-39-9-14-47(40-10-11-40)53(25-39)71-4)23-24-65(52)43-29-58(30-43)35-64(36-58)42-12-15-49(54(27-42)72-44-26-41-19-22-59-55(41)61-32-44)56(67)62-73-45-13-16-50(51(28-45)66(69)70)60-31-38-17-20-57(3,68)21-18-38/h5-9,12-16,19,22,25-28,32,37-38,40,43,52,60,68H,10-11,17-18,20-21,23-24,29-31,33-36H2,1-4H3,(H,59,61)(H,62,67)/t38?,52-,57?/m0/s1. The van der Waals surface area contributed by atoms with Crippen LogP contribution in [-0.2, 0) is 6.54 Å². The number of fused-ring (bicyclic) bond motifs is 1. The maximum Gasteiger partial charge on any atom is 0.293 e. The van der Waals surface area contributed by atoms with Gasteiger partial charge in [0.2, 0.25) is 0 Å². The number of hydrogen-bond acceptors (Lipinski definition) is 12. The zero-order chi connectivity index (χ0) is 50.4. The second-order valence-electron chi connectivity index (χ2n) is 22.2. The number of carbonyl (C=O) groups is 1. The average Bonchev–Trinajstić information content (AvgIpc) is 4.11. The molecule has 4 heterocycles. The summed E-state index contributed by atoms with van der Waals surface area (Å²) in [7, 11) is 1.80. The first-order valence-electron chi connectivity index (χ1n) is 26.2. The second-order valence-corrected chi connectivity index (χ2v) is 23.1. The molecule has 11 rings (SSSR count). The molecule has 0 radical (unpaired) electrons. The predicted molar refractivity (Wildman–Crippen MR) is 288 cm³/mol. The van der Waals surface area contributed by atoms with E-state index < -0.39 is 10.5 Å². The molecule has 382 valence electrons. The van der Waals surface area contributed by atoms with Gasteiger partial charge in [0.05, 0.1) is 29.4 Å². The Kier molecular flexibility index (Phi) is 13.7. The molecule has 15 heteroatoms. The SMILES string of the molecule is COc1cc(CN2CCN(C3CC4(C3)CN(c3ccc(C(=O)NSc5ccc(NCC6CCC(C)(O)CC6)c([N+](=O)[O-])c5)c(Oc5cnc6[nH]ccc6c5)c3)C4)[C@H](c3ccccc3C(C)C)C2)ccc1C1CC1. The number of hydrogen-bond donors (Lipinski definition) is 4. The van der Waals surface area contributed by atoms with Crippen LogP contribution in [0.5, 0.6) is 17.2 Å². The molecule has 0 bridgehead atoms. The summed E-state index contributed by atoms with van der Waals surface area (Å²) in [6.45, 7) is 12.9. The van der Waals surface area contributed by atoms with Crippen molar-refractivity contribution in [3.05, 3.63) is 141 Å². The number of aliphatic hydroxyl groups is 1. The van der Waals surface area contributed by atoms with Crippen molar-refractivity contribution in [2.45, 2.75) is 113 Å². The van der Waals surface area contributed by atoms with Gasteiger partial charge in [0.15, 0.2) is 0 Å². The highest BCUT2D eigenvalue weighted by atomic mass is 32.2. The minimum atomic E-state index is -0.642. The highest BCUT2D eigenvalue weighted by molar-refractivity contribution is 7.98. The summed E-state index contributed by atoms with van der Waals surface area (Å²) in [5.74, 6) is 2.96. The van der Waals surface area contributed by atoms with Crippen molar-refractivity contribution < 1.29 is 24.3 Å². The highest BCUT2D eigenvalue weighted by Crippen LogP contribution is 2.54. The molecule has 2 saturated heterocycles. The third-order valence-electron chi connectivity index (χ3n) is 16.4. The number of anilines is 2. The van der Waals surface area contributed by atoms with Gasteiger partial charge in [-0.3, -0.25) is 29.4 Å². The first-order valence-corrected chi connectivity index (χ1v) is 27.1. The molecule has 2 aliphatic heterocycles. The number of ether oxygens (including phenoxy) is 2. The molecule has 1 spiro atoms. The molecule has 5 fully saturated rings. The normalized spacial score (nSPS) is 22.2. The van der Waals surface area contributed by atoms with E-state index in [0.717, 1.165) is 99.4 Å². The van der Waals surface area contributed by atoms with E-state index in [1.54, 1.807) is 25.4 Å². The van der Waals surface area contributed by atoms with E-state index in [1.165, 1.54) is 41.2 Å². The Labute approximate surface area is 432 Å². The molecular weight excluding hydrogens is 937 g/mol. The topological polar surface area (TPSA) is 161 Å². The van der Waals surface area contributed by atoms with Crippen LogP contribution in [0.4, 0.5) is 17.1 Å². The predicted octanol–water partition coefficient (Wildman–Crippen LogP) is 11.6. The van der Waals surface area contributed by atoms with Crippen molar-refractivity contribution in [2.24, 2.45) is 11.3 Å². The van der Waals surface area contributed by atoms with Gasteiger partial charge in [-0.1, -0.05) is 50.2 Å². The van der Waals surface area contributed by atoms with Gasteiger partial charge in [0.25, 0.3) is 11.6 Å². The third-order valence-corrected chi connectivity index (χ3v) is 17.2. The van der Waals surface area contributed by atoms with Crippen LogP contribution < -0.4 is 24.4 Å². The van der Waals surface area contributed by atoms with Crippen LogP contribution in [0.25, 0.3) is 11.0 Å².